The lowest BCUT2D eigenvalue weighted by Crippen LogP contribution is -2.50. The van der Waals surface area contributed by atoms with E-state index in [1.165, 1.54) is 0 Å². The van der Waals surface area contributed by atoms with E-state index in [2.05, 4.69) is 24.5 Å². The van der Waals surface area contributed by atoms with E-state index in [0.717, 1.165) is 44.5 Å². The molecule has 1 atom stereocenters. The summed E-state index contributed by atoms with van der Waals surface area (Å²) in [5.74, 6) is 1.53. The number of carbonyl (C=O) groups excluding carboxylic acids is 2. The Labute approximate surface area is 138 Å². The van der Waals surface area contributed by atoms with Gasteiger partial charge in [-0.2, -0.15) is 0 Å². The molecule has 2 fully saturated rings. The maximum absolute atomic E-state index is 12.5. The van der Waals surface area contributed by atoms with Crippen LogP contribution in [0.15, 0.2) is 0 Å². The zero-order valence-electron chi connectivity index (χ0n) is 13.8. The fourth-order valence-corrected chi connectivity index (χ4v) is 4.18. The second kappa shape index (κ2) is 8.20. The van der Waals surface area contributed by atoms with Gasteiger partial charge in [0, 0.05) is 18.7 Å². The van der Waals surface area contributed by atoms with Crippen molar-refractivity contribution >= 4 is 23.6 Å². The molecule has 2 aliphatic heterocycles. The van der Waals surface area contributed by atoms with E-state index in [1.54, 1.807) is 16.7 Å². The molecule has 2 saturated heterocycles. The Kier molecular flexibility index (Phi) is 6.56. The number of hydrogen-bond acceptors (Lipinski definition) is 4. The first kappa shape index (κ1) is 17.6. The van der Waals surface area contributed by atoms with Gasteiger partial charge in [0.1, 0.15) is 6.04 Å². The molecule has 0 radical (unpaired) electrons. The van der Waals surface area contributed by atoms with Crippen LogP contribution in [0, 0.1) is 5.41 Å². The van der Waals surface area contributed by atoms with Gasteiger partial charge in [0.25, 0.3) is 0 Å². The summed E-state index contributed by atoms with van der Waals surface area (Å²) in [4.78, 5) is 26.5. The monoisotopic (exact) mass is 327 g/mol. The van der Waals surface area contributed by atoms with Crippen LogP contribution >= 0.6 is 11.8 Å². The zero-order valence-corrected chi connectivity index (χ0v) is 14.6. The topological polar surface area (TPSA) is 61.4 Å². The number of piperidine rings is 1. The van der Waals surface area contributed by atoms with Gasteiger partial charge in [-0.15, -0.1) is 11.8 Å². The summed E-state index contributed by atoms with van der Waals surface area (Å²) in [6, 6.07) is -0.278. The maximum Gasteiger partial charge on any atom is 0.243 e. The molecule has 22 heavy (non-hydrogen) atoms. The van der Waals surface area contributed by atoms with Crippen molar-refractivity contribution in [3.8, 4) is 0 Å². The summed E-state index contributed by atoms with van der Waals surface area (Å²) in [7, 11) is 0. The van der Waals surface area contributed by atoms with E-state index in [4.69, 9.17) is 0 Å². The van der Waals surface area contributed by atoms with Crippen LogP contribution in [0.1, 0.15) is 46.0 Å². The summed E-state index contributed by atoms with van der Waals surface area (Å²) in [6.45, 7) is 7.07. The van der Waals surface area contributed by atoms with Crippen LogP contribution < -0.4 is 10.6 Å². The van der Waals surface area contributed by atoms with Gasteiger partial charge in [-0.1, -0.05) is 20.3 Å². The Hall–Kier alpha value is -0.750. The molecule has 6 heteroatoms. The van der Waals surface area contributed by atoms with Gasteiger partial charge >= 0.3 is 0 Å². The smallest absolute Gasteiger partial charge is 0.243 e. The van der Waals surface area contributed by atoms with Crippen molar-refractivity contribution in [3.05, 3.63) is 0 Å². The number of unbranched alkanes of at least 4 members (excludes halogenated alkanes) is 1. The van der Waals surface area contributed by atoms with Gasteiger partial charge in [0.15, 0.2) is 0 Å². The van der Waals surface area contributed by atoms with Crippen LogP contribution in [0.3, 0.4) is 0 Å². The third-order valence-electron chi connectivity index (χ3n) is 4.75. The number of hydrogen-bond donors (Lipinski definition) is 2. The highest BCUT2D eigenvalue weighted by Crippen LogP contribution is 2.27. The van der Waals surface area contributed by atoms with Gasteiger partial charge in [0.2, 0.25) is 11.8 Å². The number of amides is 2. The molecule has 0 bridgehead atoms. The summed E-state index contributed by atoms with van der Waals surface area (Å²) in [6.07, 6.45) is 4.65. The Morgan fingerprint density at radius 1 is 1.36 bits per heavy atom. The minimum Gasteiger partial charge on any atom is -0.354 e. The lowest BCUT2D eigenvalue weighted by atomic mass is 9.81. The molecule has 2 amide bonds. The maximum atomic E-state index is 12.5. The first-order valence-electron chi connectivity index (χ1n) is 8.41. The third-order valence-corrected chi connectivity index (χ3v) is 5.76. The molecule has 0 aromatic carbocycles. The van der Waals surface area contributed by atoms with E-state index in [-0.39, 0.29) is 23.3 Å². The van der Waals surface area contributed by atoms with Gasteiger partial charge in [0.05, 0.1) is 5.88 Å². The SMILES string of the molecule is CCCCC(=O)N1CSCC1C(=O)NCC1(C)CCNCC1. The van der Waals surface area contributed by atoms with E-state index >= 15 is 0 Å². The number of nitrogens with zero attached hydrogens (tertiary/aromatic N) is 1. The second-order valence-corrected chi connectivity index (χ2v) is 7.76. The fraction of sp³-hybridized carbons (Fsp3) is 0.875. The number of carbonyl (C=O) groups is 2. The quantitative estimate of drug-likeness (QED) is 0.778. The van der Waals surface area contributed by atoms with Crippen LogP contribution in [0.25, 0.3) is 0 Å². The van der Waals surface area contributed by atoms with Crippen LogP contribution in [-0.2, 0) is 9.59 Å². The van der Waals surface area contributed by atoms with Crippen LogP contribution in [0.5, 0.6) is 0 Å². The number of rotatable bonds is 6. The highest BCUT2D eigenvalue weighted by Gasteiger charge is 2.35. The second-order valence-electron chi connectivity index (χ2n) is 6.76. The number of nitrogens with one attached hydrogen (secondary N) is 2. The lowest BCUT2D eigenvalue weighted by molar-refractivity contribution is -0.138. The molecule has 2 rings (SSSR count). The first-order valence-corrected chi connectivity index (χ1v) is 9.57. The largest absolute Gasteiger partial charge is 0.354 e. The normalized spacial score (nSPS) is 24.3. The van der Waals surface area contributed by atoms with E-state index in [1.807, 2.05) is 0 Å². The molecule has 0 aliphatic carbocycles. The van der Waals surface area contributed by atoms with Gasteiger partial charge in [-0.25, -0.2) is 0 Å². The Bertz CT molecular complexity index is 397. The van der Waals surface area contributed by atoms with Crippen LogP contribution in [0.4, 0.5) is 0 Å². The highest BCUT2D eigenvalue weighted by atomic mass is 32.2. The molecule has 2 heterocycles. The minimum atomic E-state index is -0.278. The van der Waals surface area contributed by atoms with Crippen LogP contribution in [0.2, 0.25) is 0 Å². The molecule has 0 aromatic rings. The zero-order chi connectivity index (χ0) is 16.0. The average Bonchev–Trinajstić information content (AvgIpc) is 3.01. The summed E-state index contributed by atoms with van der Waals surface area (Å²) in [5.41, 5.74) is 0.184. The van der Waals surface area contributed by atoms with Gasteiger partial charge in [-0.05, 0) is 37.8 Å². The molecule has 126 valence electrons. The van der Waals surface area contributed by atoms with Crippen LogP contribution in [-0.4, -0.2) is 54.0 Å². The van der Waals surface area contributed by atoms with Crippen molar-refractivity contribution < 1.29 is 9.59 Å². The van der Waals surface area contributed by atoms with Crippen molar-refractivity contribution in [2.75, 3.05) is 31.3 Å². The standard InChI is InChI=1S/C16H29N3O2S/c1-3-4-5-14(20)19-12-22-10-13(19)15(21)18-11-16(2)6-8-17-9-7-16/h13,17H,3-12H2,1-2H3,(H,18,21). The Morgan fingerprint density at radius 3 is 2.77 bits per heavy atom. The molecule has 5 nitrogen and oxygen atoms in total. The lowest BCUT2D eigenvalue weighted by Gasteiger charge is -2.34. The predicted octanol–water partition coefficient (Wildman–Crippen LogP) is 1.58. The predicted molar refractivity (Wildman–Crippen MR) is 90.7 cm³/mol. The minimum absolute atomic E-state index is 0.0228. The summed E-state index contributed by atoms with van der Waals surface area (Å²) < 4.78 is 0. The summed E-state index contributed by atoms with van der Waals surface area (Å²) >= 11 is 1.68. The van der Waals surface area contributed by atoms with Gasteiger partial charge in [-0.3, -0.25) is 9.59 Å². The molecular formula is C16H29N3O2S. The fourth-order valence-electron chi connectivity index (χ4n) is 3.00. The Morgan fingerprint density at radius 2 is 2.09 bits per heavy atom. The average molecular weight is 327 g/mol. The molecule has 0 saturated carbocycles. The molecular weight excluding hydrogens is 298 g/mol. The molecule has 1 unspecified atom stereocenters. The summed E-state index contributed by atoms with van der Waals surface area (Å²) in [5, 5.41) is 6.46. The van der Waals surface area contributed by atoms with E-state index in [9.17, 15) is 9.59 Å². The molecule has 2 N–H and O–H groups in total. The Balaban J connectivity index is 1.84. The van der Waals surface area contributed by atoms with E-state index < -0.39 is 0 Å². The van der Waals surface area contributed by atoms with Crippen molar-refractivity contribution in [2.24, 2.45) is 5.41 Å². The van der Waals surface area contributed by atoms with Crippen molar-refractivity contribution in [2.45, 2.75) is 52.0 Å². The highest BCUT2D eigenvalue weighted by molar-refractivity contribution is 7.99. The first-order chi connectivity index (χ1) is 10.6. The van der Waals surface area contributed by atoms with E-state index in [0.29, 0.717) is 18.8 Å². The molecule has 0 aromatic heterocycles. The van der Waals surface area contributed by atoms with Crippen molar-refractivity contribution in [3.63, 3.8) is 0 Å². The number of thioether (sulfide) groups is 1. The van der Waals surface area contributed by atoms with Crippen molar-refractivity contribution in [1.29, 1.82) is 0 Å². The van der Waals surface area contributed by atoms with Gasteiger partial charge < -0.3 is 15.5 Å². The van der Waals surface area contributed by atoms with Crippen molar-refractivity contribution in [1.82, 2.24) is 15.5 Å². The third kappa shape index (κ3) is 4.62. The molecule has 0 spiro atoms. The molecule has 2 aliphatic rings.